The summed E-state index contributed by atoms with van der Waals surface area (Å²) in [4.78, 5) is 10.6. The topological polar surface area (TPSA) is 64.4 Å². The van der Waals surface area contributed by atoms with Crippen molar-refractivity contribution < 1.29 is 9.66 Å². The summed E-state index contributed by atoms with van der Waals surface area (Å²) >= 11 is 9.15. The average molecular weight is 358 g/mol. The lowest BCUT2D eigenvalue weighted by Gasteiger charge is -2.10. The van der Waals surface area contributed by atoms with Crippen LogP contribution in [0.25, 0.3) is 0 Å². The van der Waals surface area contributed by atoms with Crippen molar-refractivity contribution in [2.24, 2.45) is 0 Å². The van der Waals surface area contributed by atoms with E-state index in [-0.39, 0.29) is 5.69 Å². The van der Waals surface area contributed by atoms with E-state index in [0.717, 1.165) is 0 Å². The zero-order valence-corrected chi connectivity index (χ0v) is 12.7. The molecule has 0 saturated heterocycles. The molecule has 0 amide bonds. The van der Waals surface area contributed by atoms with Crippen LogP contribution in [0.15, 0.2) is 40.9 Å². The van der Waals surface area contributed by atoms with Crippen molar-refractivity contribution in [3.05, 3.63) is 56.0 Å². The molecule has 0 spiro atoms. The van der Waals surface area contributed by atoms with Crippen LogP contribution in [0.4, 0.5) is 17.1 Å². The van der Waals surface area contributed by atoms with Gasteiger partial charge in [0.2, 0.25) is 0 Å². The Bertz CT molecular complexity index is 664. The maximum atomic E-state index is 11.0. The van der Waals surface area contributed by atoms with Crippen molar-refractivity contribution in [3.63, 3.8) is 0 Å². The van der Waals surface area contributed by atoms with Crippen LogP contribution in [0.2, 0.25) is 5.02 Å². The molecule has 0 bridgehead atoms. The number of anilines is 2. The molecule has 7 heteroatoms. The van der Waals surface area contributed by atoms with Gasteiger partial charge in [0.05, 0.1) is 17.1 Å². The van der Waals surface area contributed by atoms with E-state index < -0.39 is 4.92 Å². The first kappa shape index (κ1) is 14.6. The Morgan fingerprint density at radius 2 is 2.05 bits per heavy atom. The van der Waals surface area contributed by atoms with Gasteiger partial charge in [-0.15, -0.1) is 0 Å². The molecular formula is C13H10BrClN2O3. The first-order valence-electron chi connectivity index (χ1n) is 5.56. The third kappa shape index (κ3) is 3.20. The highest BCUT2D eigenvalue weighted by atomic mass is 79.9. The molecule has 5 nitrogen and oxygen atoms in total. The van der Waals surface area contributed by atoms with E-state index in [2.05, 4.69) is 21.2 Å². The van der Waals surface area contributed by atoms with E-state index in [1.54, 1.807) is 30.3 Å². The molecule has 0 aliphatic rings. The van der Waals surface area contributed by atoms with Crippen molar-refractivity contribution in [1.82, 2.24) is 0 Å². The minimum atomic E-state index is -0.444. The number of hydrogen-bond acceptors (Lipinski definition) is 4. The smallest absolute Gasteiger partial charge is 0.293 e. The molecule has 2 aromatic carbocycles. The Balaban J connectivity index is 2.37. The highest BCUT2D eigenvalue weighted by Gasteiger charge is 2.14. The molecule has 0 aromatic heterocycles. The van der Waals surface area contributed by atoms with E-state index >= 15 is 0 Å². The van der Waals surface area contributed by atoms with Crippen molar-refractivity contribution in [2.45, 2.75) is 0 Å². The van der Waals surface area contributed by atoms with E-state index in [0.29, 0.717) is 26.6 Å². The molecule has 20 heavy (non-hydrogen) atoms. The van der Waals surface area contributed by atoms with Gasteiger partial charge in [-0.3, -0.25) is 10.1 Å². The van der Waals surface area contributed by atoms with Gasteiger partial charge in [0.25, 0.3) is 5.69 Å². The maximum Gasteiger partial charge on any atom is 0.293 e. The lowest BCUT2D eigenvalue weighted by molar-refractivity contribution is -0.384. The minimum Gasteiger partial charge on any atom is -0.495 e. The van der Waals surface area contributed by atoms with Crippen molar-refractivity contribution >= 4 is 44.6 Å². The van der Waals surface area contributed by atoms with Crippen LogP contribution >= 0.6 is 27.5 Å². The Hall–Kier alpha value is -1.79. The number of ether oxygens (including phenoxy) is 1. The molecular weight excluding hydrogens is 348 g/mol. The highest BCUT2D eigenvalue weighted by molar-refractivity contribution is 9.10. The summed E-state index contributed by atoms with van der Waals surface area (Å²) < 4.78 is 5.75. The van der Waals surface area contributed by atoms with E-state index in [4.69, 9.17) is 16.3 Å². The molecule has 0 atom stereocenters. The molecule has 2 aromatic rings. The molecule has 0 aliphatic carbocycles. The zero-order chi connectivity index (χ0) is 14.7. The van der Waals surface area contributed by atoms with Crippen LogP contribution in [0.3, 0.4) is 0 Å². The van der Waals surface area contributed by atoms with Gasteiger partial charge in [0, 0.05) is 22.3 Å². The Kier molecular flexibility index (Phi) is 4.46. The number of nitrogens with zero attached hydrogens (tertiary/aromatic N) is 1. The lowest BCUT2D eigenvalue weighted by atomic mass is 10.2. The summed E-state index contributed by atoms with van der Waals surface area (Å²) in [5.74, 6) is 0.497. The van der Waals surface area contributed by atoms with Crippen molar-refractivity contribution in [3.8, 4) is 5.75 Å². The van der Waals surface area contributed by atoms with Crippen molar-refractivity contribution in [1.29, 1.82) is 0 Å². The predicted molar refractivity (Wildman–Crippen MR) is 82.1 cm³/mol. The quantitative estimate of drug-likeness (QED) is 0.633. The molecule has 2 rings (SSSR count). The molecule has 0 saturated carbocycles. The first-order chi connectivity index (χ1) is 9.51. The second-order valence-electron chi connectivity index (χ2n) is 3.89. The third-order valence-electron chi connectivity index (χ3n) is 2.59. The summed E-state index contributed by atoms with van der Waals surface area (Å²) in [5, 5.41) is 14.5. The fourth-order valence-corrected chi connectivity index (χ4v) is 2.20. The first-order valence-corrected chi connectivity index (χ1v) is 6.73. The summed E-state index contributed by atoms with van der Waals surface area (Å²) in [5.41, 5.74) is 1.02. The summed E-state index contributed by atoms with van der Waals surface area (Å²) in [6.45, 7) is 0. The van der Waals surface area contributed by atoms with Crippen LogP contribution in [0.1, 0.15) is 0 Å². The fraction of sp³-hybridized carbons (Fsp3) is 0.0769. The Morgan fingerprint density at radius 1 is 1.30 bits per heavy atom. The molecule has 1 N–H and O–H groups in total. The van der Waals surface area contributed by atoms with Gasteiger partial charge < -0.3 is 10.1 Å². The normalized spacial score (nSPS) is 10.2. The maximum absolute atomic E-state index is 11.0. The van der Waals surface area contributed by atoms with Gasteiger partial charge in [-0.05, 0) is 24.3 Å². The number of halogens is 2. The predicted octanol–water partition coefficient (Wildman–Crippen LogP) is 4.76. The summed E-state index contributed by atoms with van der Waals surface area (Å²) in [6.07, 6.45) is 0. The van der Waals surface area contributed by atoms with E-state index in [1.165, 1.54) is 13.2 Å². The van der Waals surface area contributed by atoms with E-state index in [1.807, 2.05) is 0 Å². The molecule has 104 valence electrons. The highest BCUT2D eigenvalue weighted by Crippen LogP contribution is 2.33. The van der Waals surface area contributed by atoms with Gasteiger partial charge in [0.1, 0.15) is 11.4 Å². The van der Waals surface area contributed by atoms with Crippen molar-refractivity contribution in [2.75, 3.05) is 12.4 Å². The van der Waals surface area contributed by atoms with Crippen LogP contribution in [0, 0.1) is 10.1 Å². The van der Waals surface area contributed by atoms with Gasteiger partial charge in [-0.25, -0.2) is 0 Å². The summed E-state index contributed by atoms with van der Waals surface area (Å²) in [6, 6.07) is 9.85. The second kappa shape index (κ2) is 6.11. The number of nitro groups is 1. The number of benzene rings is 2. The molecule has 0 radical (unpaired) electrons. The standard InChI is InChI=1S/C13H10BrClN2O3/c1-20-13-7-9(3-4-10(13)15)16-11-5-2-8(14)6-12(11)17(18)19/h2-7,16H,1H3. The number of rotatable bonds is 4. The van der Waals surface area contributed by atoms with Crippen LogP contribution < -0.4 is 10.1 Å². The zero-order valence-electron chi connectivity index (χ0n) is 10.4. The van der Waals surface area contributed by atoms with Crippen LogP contribution in [-0.2, 0) is 0 Å². The van der Waals surface area contributed by atoms with Crippen LogP contribution in [0.5, 0.6) is 5.75 Å². The average Bonchev–Trinajstić information content (AvgIpc) is 2.42. The molecule has 0 fully saturated rings. The number of nitro benzene ring substituents is 1. The number of hydrogen-bond donors (Lipinski definition) is 1. The molecule has 0 aliphatic heterocycles. The number of methoxy groups -OCH3 is 1. The van der Waals surface area contributed by atoms with E-state index in [9.17, 15) is 10.1 Å². The molecule has 0 unspecified atom stereocenters. The van der Waals surface area contributed by atoms with Gasteiger partial charge in [-0.2, -0.15) is 0 Å². The Labute approximate surface area is 128 Å². The monoisotopic (exact) mass is 356 g/mol. The van der Waals surface area contributed by atoms with Gasteiger partial charge in [-0.1, -0.05) is 27.5 Å². The second-order valence-corrected chi connectivity index (χ2v) is 5.22. The molecule has 0 heterocycles. The SMILES string of the molecule is COc1cc(Nc2ccc(Br)cc2[N+](=O)[O-])ccc1Cl. The van der Waals surface area contributed by atoms with Crippen LogP contribution in [-0.4, -0.2) is 12.0 Å². The van der Waals surface area contributed by atoms with Gasteiger partial charge >= 0.3 is 0 Å². The minimum absolute atomic E-state index is 0.0201. The van der Waals surface area contributed by atoms with Gasteiger partial charge in [0.15, 0.2) is 0 Å². The third-order valence-corrected chi connectivity index (χ3v) is 3.39. The summed E-state index contributed by atoms with van der Waals surface area (Å²) in [7, 11) is 1.51. The number of nitrogens with one attached hydrogen (secondary N) is 1. The fourth-order valence-electron chi connectivity index (χ4n) is 1.65. The Morgan fingerprint density at radius 3 is 2.70 bits per heavy atom. The lowest BCUT2D eigenvalue weighted by Crippen LogP contribution is -1.97. The largest absolute Gasteiger partial charge is 0.495 e.